The number of Topliss-reactive ketones (excluding diaryl/α,β-unsaturated/α-hetero) is 1. The molecule has 0 bridgehead atoms. The molecule has 0 aliphatic rings. The van der Waals surface area contributed by atoms with Crippen LogP contribution in [0.15, 0.2) is 60.7 Å². The van der Waals surface area contributed by atoms with Gasteiger partial charge in [-0.25, -0.2) is 0 Å². The lowest BCUT2D eigenvalue weighted by atomic mass is 9.94. The van der Waals surface area contributed by atoms with Gasteiger partial charge in [-0.2, -0.15) is 0 Å². The Bertz CT molecular complexity index is 699. The SMILES string of the molecule is O=C(C#Cc1ccccc1)C[C@@H](C[N+](=O)[O-])c1ccccc1. The summed E-state index contributed by atoms with van der Waals surface area (Å²) in [5.74, 6) is 4.60. The molecule has 2 aromatic rings. The van der Waals surface area contributed by atoms with Gasteiger partial charge in [0, 0.05) is 16.9 Å². The Morgan fingerprint density at radius 3 is 2.23 bits per heavy atom. The minimum Gasteiger partial charge on any atom is -0.285 e. The van der Waals surface area contributed by atoms with Gasteiger partial charge >= 0.3 is 0 Å². The van der Waals surface area contributed by atoms with E-state index in [4.69, 9.17) is 0 Å². The lowest BCUT2D eigenvalue weighted by molar-refractivity contribution is -0.483. The molecule has 4 heteroatoms. The first kappa shape index (κ1) is 15.5. The maximum absolute atomic E-state index is 12.0. The Hall–Kier alpha value is -2.93. The van der Waals surface area contributed by atoms with Gasteiger partial charge < -0.3 is 0 Å². The highest BCUT2D eigenvalue weighted by molar-refractivity contribution is 5.96. The van der Waals surface area contributed by atoms with Gasteiger partial charge in [0.25, 0.3) is 0 Å². The lowest BCUT2D eigenvalue weighted by Gasteiger charge is -2.10. The zero-order valence-electron chi connectivity index (χ0n) is 11.9. The number of carbonyl (C=O) groups excluding carboxylic acids is 1. The number of hydrogen-bond donors (Lipinski definition) is 0. The van der Waals surface area contributed by atoms with Crippen molar-refractivity contribution in [1.29, 1.82) is 0 Å². The quantitative estimate of drug-likeness (QED) is 0.483. The van der Waals surface area contributed by atoms with E-state index in [0.29, 0.717) is 0 Å². The normalized spacial score (nSPS) is 11.1. The topological polar surface area (TPSA) is 60.2 Å². The first-order valence-corrected chi connectivity index (χ1v) is 6.92. The molecular weight excluding hydrogens is 278 g/mol. The van der Waals surface area contributed by atoms with Crippen LogP contribution < -0.4 is 0 Å². The van der Waals surface area contributed by atoms with Crippen LogP contribution in [0.2, 0.25) is 0 Å². The van der Waals surface area contributed by atoms with Crippen LogP contribution in [0.4, 0.5) is 0 Å². The van der Waals surface area contributed by atoms with Gasteiger partial charge in [0.15, 0.2) is 0 Å². The minimum atomic E-state index is -0.450. The molecule has 0 aromatic heterocycles. The molecule has 0 heterocycles. The summed E-state index contributed by atoms with van der Waals surface area (Å²) in [6.45, 7) is -0.275. The fraction of sp³-hybridized carbons (Fsp3) is 0.167. The van der Waals surface area contributed by atoms with Crippen molar-refractivity contribution in [2.75, 3.05) is 6.54 Å². The molecule has 0 N–H and O–H groups in total. The van der Waals surface area contributed by atoms with E-state index in [0.717, 1.165) is 11.1 Å². The summed E-state index contributed by atoms with van der Waals surface area (Å²) in [5, 5.41) is 10.8. The van der Waals surface area contributed by atoms with E-state index in [9.17, 15) is 14.9 Å². The third-order valence-electron chi connectivity index (χ3n) is 3.19. The Morgan fingerprint density at radius 2 is 1.64 bits per heavy atom. The molecule has 110 valence electrons. The fourth-order valence-electron chi connectivity index (χ4n) is 2.13. The molecule has 0 unspecified atom stereocenters. The summed E-state index contributed by atoms with van der Waals surface area (Å²) in [4.78, 5) is 22.4. The molecule has 2 aromatic carbocycles. The second-order valence-electron chi connectivity index (χ2n) is 4.87. The van der Waals surface area contributed by atoms with Crippen molar-refractivity contribution in [3.05, 3.63) is 81.9 Å². The largest absolute Gasteiger partial charge is 0.285 e. The van der Waals surface area contributed by atoms with Crippen LogP contribution in [0.5, 0.6) is 0 Å². The van der Waals surface area contributed by atoms with Crippen molar-refractivity contribution in [3.63, 3.8) is 0 Å². The van der Waals surface area contributed by atoms with Crippen LogP contribution in [-0.4, -0.2) is 17.3 Å². The van der Waals surface area contributed by atoms with Gasteiger partial charge in [0.05, 0.1) is 5.92 Å². The summed E-state index contributed by atoms with van der Waals surface area (Å²) in [5.41, 5.74) is 1.54. The average Bonchev–Trinajstić information content (AvgIpc) is 2.54. The van der Waals surface area contributed by atoms with Gasteiger partial charge in [-0.1, -0.05) is 54.5 Å². The number of carbonyl (C=O) groups is 1. The highest BCUT2D eigenvalue weighted by atomic mass is 16.6. The van der Waals surface area contributed by atoms with E-state index in [1.54, 1.807) is 12.1 Å². The second-order valence-corrected chi connectivity index (χ2v) is 4.87. The van der Waals surface area contributed by atoms with Crippen LogP contribution >= 0.6 is 0 Å². The molecule has 0 aliphatic carbocycles. The molecule has 2 rings (SSSR count). The number of nitrogens with zero attached hydrogens (tertiary/aromatic N) is 1. The summed E-state index contributed by atoms with van der Waals surface area (Å²) in [6, 6.07) is 18.2. The summed E-state index contributed by atoms with van der Waals surface area (Å²) >= 11 is 0. The molecule has 0 saturated carbocycles. The van der Waals surface area contributed by atoms with Crippen LogP contribution in [0.1, 0.15) is 23.5 Å². The van der Waals surface area contributed by atoms with E-state index >= 15 is 0 Å². The van der Waals surface area contributed by atoms with Crippen molar-refractivity contribution in [2.24, 2.45) is 0 Å². The predicted molar refractivity (Wildman–Crippen MR) is 84.0 cm³/mol. The van der Waals surface area contributed by atoms with E-state index in [-0.39, 0.29) is 18.7 Å². The molecular formula is C18H15NO3. The van der Waals surface area contributed by atoms with Crippen LogP contribution in [0, 0.1) is 22.0 Å². The molecule has 0 saturated heterocycles. The molecule has 0 amide bonds. The van der Waals surface area contributed by atoms with Crippen LogP contribution in [-0.2, 0) is 4.79 Å². The number of nitro groups is 1. The van der Waals surface area contributed by atoms with Gasteiger partial charge in [-0.15, -0.1) is 0 Å². The lowest BCUT2D eigenvalue weighted by Crippen LogP contribution is -2.15. The predicted octanol–water partition coefficient (Wildman–Crippen LogP) is 3.06. The molecule has 0 aliphatic heterocycles. The number of ketones is 1. The number of benzene rings is 2. The van der Waals surface area contributed by atoms with Crippen molar-refractivity contribution in [3.8, 4) is 11.8 Å². The van der Waals surface area contributed by atoms with E-state index in [2.05, 4.69) is 11.8 Å². The van der Waals surface area contributed by atoms with E-state index < -0.39 is 10.8 Å². The Labute approximate surface area is 128 Å². The fourth-order valence-corrected chi connectivity index (χ4v) is 2.13. The molecule has 0 radical (unpaired) electrons. The Kier molecular flexibility index (Phi) is 5.44. The van der Waals surface area contributed by atoms with Crippen LogP contribution in [0.25, 0.3) is 0 Å². The highest BCUT2D eigenvalue weighted by Crippen LogP contribution is 2.20. The molecule has 22 heavy (non-hydrogen) atoms. The summed E-state index contributed by atoms with van der Waals surface area (Å²) in [6.07, 6.45) is 0.0465. The molecule has 4 nitrogen and oxygen atoms in total. The summed E-state index contributed by atoms with van der Waals surface area (Å²) < 4.78 is 0. The van der Waals surface area contributed by atoms with Crippen LogP contribution in [0.3, 0.4) is 0 Å². The second kappa shape index (κ2) is 7.75. The van der Waals surface area contributed by atoms with Gasteiger partial charge in [-0.3, -0.25) is 14.9 Å². The third-order valence-corrected chi connectivity index (χ3v) is 3.19. The molecule has 0 fully saturated rings. The average molecular weight is 293 g/mol. The number of rotatable bonds is 5. The van der Waals surface area contributed by atoms with Gasteiger partial charge in [0.1, 0.15) is 0 Å². The Morgan fingerprint density at radius 1 is 1.05 bits per heavy atom. The summed E-state index contributed by atoms with van der Waals surface area (Å²) in [7, 11) is 0. The first-order chi connectivity index (χ1) is 10.6. The Balaban J connectivity index is 2.09. The zero-order valence-corrected chi connectivity index (χ0v) is 11.9. The van der Waals surface area contributed by atoms with Crippen molar-refractivity contribution >= 4 is 5.78 Å². The molecule has 0 spiro atoms. The molecule has 1 atom stereocenters. The van der Waals surface area contributed by atoms with Gasteiger partial charge in [-0.05, 0) is 23.6 Å². The monoisotopic (exact) mass is 293 g/mol. The highest BCUT2D eigenvalue weighted by Gasteiger charge is 2.20. The van der Waals surface area contributed by atoms with E-state index in [1.807, 2.05) is 48.5 Å². The number of hydrogen-bond acceptors (Lipinski definition) is 3. The maximum atomic E-state index is 12.0. The zero-order chi connectivity index (χ0) is 15.8. The van der Waals surface area contributed by atoms with Crippen molar-refractivity contribution < 1.29 is 9.72 Å². The maximum Gasteiger partial charge on any atom is 0.211 e. The smallest absolute Gasteiger partial charge is 0.211 e. The van der Waals surface area contributed by atoms with Crippen molar-refractivity contribution in [2.45, 2.75) is 12.3 Å². The minimum absolute atomic E-state index is 0.0465. The first-order valence-electron chi connectivity index (χ1n) is 6.92. The standard InChI is InChI=1S/C18H15NO3/c20-18(12-11-15-7-3-1-4-8-15)13-17(14-19(21)22)16-9-5-2-6-10-16/h1-10,17H,13-14H2/t17-/m0/s1. The van der Waals surface area contributed by atoms with Gasteiger partial charge in [0.2, 0.25) is 12.3 Å². The third kappa shape index (κ3) is 4.88. The van der Waals surface area contributed by atoms with E-state index in [1.165, 1.54) is 0 Å². The van der Waals surface area contributed by atoms with Crippen molar-refractivity contribution in [1.82, 2.24) is 0 Å².